The van der Waals surface area contributed by atoms with Crippen LogP contribution in [0.4, 0.5) is 0 Å². The molecule has 0 unspecified atom stereocenters. The highest BCUT2D eigenvalue weighted by Crippen LogP contribution is 2.27. The van der Waals surface area contributed by atoms with Crippen LogP contribution in [0, 0.1) is 0 Å². The first-order valence-electron chi connectivity index (χ1n) is 4.75. The molecule has 1 aromatic rings. The Kier molecular flexibility index (Phi) is 1.87. The quantitative estimate of drug-likeness (QED) is 0.617. The Bertz CT molecular complexity index is 289. The van der Waals surface area contributed by atoms with Crippen LogP contribution >= 0.6 is 0 Å². The van der Waals surface area contributed by atoms with Gasteiger partial charge in [0.25, 0.3) is 0 Å². The predicted molar refractivity (Wildman–Crippen MR) is 50.4 cm³/mol. The van der Waals surface area contributed by atoms with E-state index in [9.17, 15) is 0 Å². The molecule has 0 fully saturated rings. The molecule has 0 radical (unpaired) electrons. The number of aromatic nitrogens is 1. The van der Waals surface area contributed by atoms with Crippen LogP contribution < -0.4 is 0 Å². The highest BCUT2D eigenvalue weighted by Gasteiger charge is 2.16. The van der Waals surface area contributed by atoms with Gasteiger partial charge in [-0.25, -0.2) is 0 Å². The summed E-state index contributed by atoms with van der Waals surface area (Å²) in [5, 5.41) is 0. The second-order valence-corrected chi connectivity index (χ2v) is 3.84. The first-order chi connectivity index (χ1) is 5.79. The summed E-state index contributed by atoms with van der Waals surface area (Å²) >= 11 is 0. The zero-order chi connectivity index (χ0) is 8.55. The maximum Gasteiger partial charge on any atom is 0.0463 e. The average Bonchev–Trinajstić information content (AvgIpc) is 2.49. The topological polar surface area (TPSA) is 12.9 Å². The number of nitrogens with zero attached hydrogens (tertiary/aromatic N) is 1. The van der Waals surface area contributed by atoms with E-state index >= 15 is 0 Å². The smallest absolute Gasteiger partial charge is 0.0463 e. The summed E-state index contributed by atoms with van der Waals surface area (Å²) in [5.41, 5.74) is 4.39. The number of hydrogen-bond donors (Lipinski definition) is 0. The Balaban J connectivity index is 2.49. The van der Waals surface area contributed by atoms with Crippen molar-refractivity contribution < 1.29 is 0 Å². The van der Waals surface area contributed by atoms with Gasteiger partial charge in [-0.05, 0) is 42.4 Å². The van der Waals surface area contributed by atoms with Gasteiger partial charge in [0.15, 0.2) is 0 Å². The van der Waals surface area contributed by atoms with Gasteiger partial charge >= 0.3 is 0 Å². The Labute approximate surface area is 73.8 Å². The van der Waals surface area contributed by atoms with Crippen LogP contribution in [0.3, 0.4) is 0 Å². The van der Waals surface area contributed by atoms with Crippen molar-refractivity contribution >= 4 is 0 Å². The maximum atomic E-state index is 4.45. The molecule has 0 atom stereocenters. The molecule has 1 nitrogen and oxygen atoms in total. The summed E-state index contributed by atoms with van der Waals surface area (Å²) in [7, 11) is 0. The molecular weight excluding hydrogens is 146 g/mol. The number of fused-ring (bicyclic) bond motifs is 1. The van der Waals surface area contributed by atoms with Gasteiger partial charge in [0, 0.05) is 11.9 Å². The fraction of sp³-hybridized carbons (Fsp3) is 0.545. The normalized spacial score (nSPS) is 15.2. The minimum Gasteiger partial charge on any atom is -0.261 e. The molecule has 0 aliphatic heterocycles. The summed E-state index contributed by atoms with van der Waals surface area (Å²) < 4.78 is 0. The van der Waals surface area contributed by atoms with E-state index in [0.29, 0.717) is 5.92 Å². The molecule has 1 aliphatic carbocycles. The minimum absolute atomic E-state index is 0.582. The molecular formula is C11H15N. The zero-order valence-corrected chi connectivity index (χ0v) is 7.80. The van der Waals surface area contributed by atoms with Crippen LogP contribution in [0.15, 0.2) is 12.3 Å². The third-order valence-electron chi connectivity index (χ3n) is 2.61. The average molecular weight is 161 g/mol. The fourth-order valence-electron chi connectivity index (χ4n) is 2.03. The third-order valence-corrected chi connectivity index (χ3v) is 2.61. The maximum absolute atomic E-state index is 4.45. The molecule has 0 N–H and O–H groups in total. The van der Waals surface area contributed by atoms with Crippen LogP contribution in [0.5, 0.6) is 0 Å². The lowest BCUT2D eigenvalue weighted by atomic mass is 10.0. The van der Waals surface area contributed by atoms with Gasteiger partial charge in [0.05, 0.1) is 0 Å². The van der Waals surface area contributed by atoms with Gasteiger partial charge in [-0.2, -0.15) is 0 Å². The Morgan fingerprint density at radius 1 is 1.33 bits per heavy atom. The Hall–Kier alpha value is -0.850. The lowest BCUT2D eigenvalue weighted by Gasteiger charge is -2.09. The molecule has 1 aromatic heterocycles. The predicted octanol–water partition coefficient (Wildman–Crippen LogP) is 2.69. The zero-order valence-electron chi connectivity index (χ0n) is 7.80. The molecule has 0 saturated carbocycles. The van der Waals surface area contributed by atoms with Crippen LogP contribution in [-0.4, -0.2) is 4.98 Å². The third kappa shape index (κ3) is 1.13. The second kappa shape index (κ2) is 2.89. The van der Waals surface area contributed by atoms with Crippen molar-refractivity contribution in [3.05, 3.63) is 29.1 Å². The molecule has 0 spiro atoms. The summed E-state index contributed by atoms with van der Waals surface area (Å²) in [6.45, 7) is 4.45. The monoisotopic (exact) mass is 161 g/mol. The van der Waals surface area contributed by atoms with E-state index in [4.69, 9.17) is 0 Å². The van der Waals surface area contributed by atoms with Gasteiger partial charge < -0.3 is 0 Å². The van der Waals surface area contributed by atoms with Crippen LogP contribution in [0.2, 0.25) is 0 Å². The van der Waals surface area contributed by atoms with Gasteiger partial charge in [-0.15, -0.1) is 0 Å². The Morgan fingerprint density at radius 2 is 2.17 bits per heavy atom. The lowest BCUT2D eigenvalue weighted by Crippen LogP contribution is -1.98. The van der Waals surface area contributed by atoms with E-state index in [-0.39, 0.29) is 0 Å². The molecule has 1 heterocycles. The van der Waals surface area contributed by atoms with Crippen molar-refractivity contribution in [3.8, 4) is 0 Å². The van der Waals surface area contributed by atoms with E-state index in [1.54, 1.807) is 0 Å². The molecule has 0 bridgehead atoms. The number of rotatable bonds is 1. The van der Waals surface area contributed by atoms with E-state index in [1.807, 2.05) is 6.20 Å². The fourth-order valence-corrected chi connectivity index (χ4v) is 2.03. The first kappa shape index (κ1) is 7.78. The van der Waals surface area contributed by atoms with Crippen molar-refractivity contribution in [2.45, 2.75) is 39.0 Å². The molecule has 1 heteroatoms. The van der Waals surface area contributed by atoms with Crippen LogP contribution in [0.25, 0.3) is 0 Å². The van der Waals surface area contributed by atoms with Crippen LogP contribution in [-0.2, 0) is 12.8 Å². The second-order valence-electron chi connectivity index (χ2n) is 3.84. The first-order valence-corrected chi connectivity index (χ1v) is 4.75. The SMILES string of the molecule is CC(C)c1nccc2c1CCC2. The lowest BCUT2D eigenvalue weighted by molar-refractivity contribution is 0.798. The van der Waals surface area contributed by atoms with Crippen molar-refractivity contribution in [2.75, 3.05) is 0 Å². The van der Waals surface area contributed by atoms with E-state index in [0.717, 1.165) is 0 Å². The van der Waals surface area contributed by atoms with Gasteiger partial charge in [0.1, 0.15) is 0 Å². The van der Waals surface area contributed by atoms with E-state index < -0.39 is 0 Å². The van der Waals surface area contributed by atoms with Gasteiger partial charge in [0.2, 0.25) is 0 Å². The molecule has 1 aliphatic rings. The van der Waals surface area contributed by atoms with E-state index in [2.05, 4.69) is 24.9 Å². The standard InChI is InChI=1S/C11H15N/c1-8(2)11-10-5-3-4-9(10)6-7-12-11/h6-8H,3-5H2,1-2H3. The molecule has 0 saturated heterocycles. The number of aryl methyl sites for hydroxylation is 1. The minimum atomic E-state index is 0.582. The van der Waals surface area contributed by atoms with Crippen molar-refractivity contribution in [1.29, 1.82) is 0 Å². The van der Waals surface area contributed by atoms with Crippen LogP contribution in [0.1, 0.15) is 43.0 Å². The molecule has 0 aromatic carbocycles. The number of hydrogen-bond acceptors (Lipinski definition) is 1. The highest BCUT2D eigenvalue weighted by molar-refractivity contribution is 5.35. The summed E-state index contributed by atoms with van der Waals surface area (Å²) in [6.07, 6.45) is 5.79. The largest absolute Gasteiger partial charge is 0.261 e. The summed E-state index contributed by atoms with van der Waals surface area (Å²) in [4.78, 5) is 4.45. The summed E-state index contributed by atoms with van der Waals surface area (Å²) in [6, 6.07) is 2.17. The van der Waals surface area contributed by atoms with E-state index in [1.165, 1.54) is 36.1 Å². The van der Waals surface area contributed by atoms with Crippen molar-refractivity contribution in [3.63, 3.8) is 0 Å². The van der Waals surface area contributed by atoms with Crippen molar-refractivity contribution in [2.24, 2.45) is 0 Å². The summed E-state index contributed by atoms with van der Waals surface area (Å²) in [5.74, 6) is 0.582. The van der Waals surface area contributed by atoms with Crippen molar-refractivity contribution in [1.82, 2.24) is 4.98 Å². The molecule has 2 rings (SSSR count). The molecule has 12 heavy (non-hydrogen) atoms. The molecule has 0 amide bonds. The Morgan fingerprint density at radius 3 is 2.92 bits per heavy atom. The highest BCUT2D eigenvalue weighted by atomic mass is 14.7. The molecule has 64 valence electrons. The number of pyridine rings is 1. The van der Waals surface area contributed by atoms with Gasteiger partial charge in [-0.1, -0.05) is 13.8 Å². The van der Waals surface area contributed by atoms with Gasteiger partial charge in [-0.3, -0.25) is 4.98 Å².